The Labute approximate surface area is 347 Å². The predicted molar refractivity (Wildman–Crippen MR) is 255 cm³/mol. The van der Waals surface area contributed by atoms with E-state index in [-0.39, 0.29) is 16.2 Å². The average Bonchev–Trinajstić information content (AvgIpc) is 3.67. The van der Waals surface area contributed by atoms with E-state index in [1.165, 1.54) is 132 Å². The van der Waals surface area contributed by atoms with Crippen molar-refractivity contribution in [3.8, 4) is 55.6 Å². The van der Waals surface area contributed by atoms with E-state index in [1.807, 2.05) is 0 Å². The van der Waals surface area contributed by atoms with Gasteiger partial charge in [0.15, 0.2) is 0 Å². The molecule has 0 fully saturated rings. The summed E-state index contributed by atoms with van der Waals surface area (Å²) in [6, 6.07) is 56.5. The van der Waals surface area contributed by atoms with Crippen LogP contribution in [0, 0.1) is 0 Å². The molecule has 0 heteroatoms. The smallest absolute Gasteiger partial charge is 0.0159 e. The van der Waals surface area contributed by atoms with E-state index in [1.54, 1.807) is 0 Å². The van der Waals surface area contributed by atoms with Crippen LogP contribution in [0.3, 0.4) is 0 Å². The zero-order valence-electron chi connectivity index (χ0n) is 35.4. The average molecular weight is 757 g/mol. The Bertz CT molecular complexity index is 3440. The molecule has 10 aromatic carbocycles. The fraction of sp³-hybridized carbons (Fsp3) is 0.186. The fourth-order valence-electron chi connectivity index (χ4n) is 11.2. The molecule has 0 radical (unpaired) electrons. The normalized spacial score (nSPS) is 14.2. The molecule has 2 aliphatic rings. The Morgan fingerprint density at radius 3 is 1.46 bits per heavy atom. The Balaban J connectivity index is 1.28. The number of benzene rings is 10. The molecular weight excluding hydrogens is 709 g/mol. The molecule has 0 atom stereocenters. The van der Waals surface area contributed by atoms with E-state index in [2.05, 4.69) is 201 Å². The van der Waals surface area contributed by atoms with Crippen molar-refractivity contribution in [2.24, 2.45) is 0 Å². The third-order valence-corrected chi connectivity index (χ3v) is 14.2. The van der Waals surface area contributed by atoms with Gasteiger partial charge in [0.05, 0.1) is 0 Å². The summed E-state index contributed by atoms with van der Waals surface area (Å²) in [5.74, 6) is 0. The molecule has 0 saturated heterocycles. The van der Waals surface area contributed by atoms with Crippen LogP contribution in [0.15, 0.2) is 146 Å². The molecule has 284 valence electrons. The summed E-state index contributed by atoms with van der Waals surface area (Å²) in [5.41, 5.74) is 19.0. The molecule has 0 bridgehead atoms. The van der Waals surface area contributed by atoms with Crippen molar-refractivity contribution in [1.82, 2.24) is 0 Å². The first-order chi connectivity index (χ1) is 28.3. The molecule has 0 aliphatic heterocycles. The van der Waals surface area contributed by atoms with E-state index < -0.39 is 0 Å². The number of fused-ring (bicyclic) bond motifs is 7. The number of rotatable bonds is 2. The first-order valence-corrected chi connectivity index (χ1v) is 21.4. The largest absolute Gasteiger partial charge is 0.0616 e. The molecule has 0 nitrogen and oxygen atoms in total. The summed E-state index contributed by atoms with van der Waals surface area (Å²) < 4.78 is 0. The van der Waals surface area contributed by atoms with Gasteiger partial charge < -0.3 is 0 Å². The van der Waals surface area contributed by atoms with Crippen molar-refractivity contribution in [2.45, 2.75) is 71.6 Å². The maximum absolute atomic E-state index is 2.57. The van der Waals surface area contributed by atoms with Gasteiger partial charge in [-0.2, -0.15) is 0 Å². The van der Waals surface area contributed by atoms with E-state index in [0.717, 1.165) is 0 Å². The molecule has 0 amide bonds. The highest BCUT2D eigenvalue weighted by molar-refractivity contribution is 6.32. The van der Waals surface area contributed by atoms with Crippen molar-refractivity contribution in [1.29, 1.82) is 0 Å². The first-order valence-electron chi connectivity index (χ1n) is 21.4. The molecular formula is C59H48. The second-order valence-corrected chi connectivity index (χ2v) is 20.1. The van der Waals surface area contributed by atoms with E-state index in [4.69, 9.17) is 0 Å². The quantitative estimate of drug-likeness (QED) is 0.154. The van der Waals surface area contributed by atoms with Crippen LogP contribution < -0.4 is 0 Å². The van der Waals surface area contributed by atoms with Crippen LogP contribution in [0.4, 0.5) is 0 Å². The lowest BCUT2D eigenvalue weighted by atomic mass is 9.75. The van der Waals surface area contributed by atoms with Crippen molar-refractivity contribution in [3.05, 3.63) is 168 Å². The van der Waals surface area contributed by atoms with E-state index >= 15 is 0 Å². The lowest BCUT2D eigenvalue weighted by Gasteiger charge is -2.28. The van der Waals surface area contributed by atoms with Crippen molar-refractivity contribution >= 4 is 53.9 Å². The highest BCUT2D eigenvalue weighted by Crippen LogP contribution is 2.62. The maximum atomic E-state index is 2.57. The minimum atomic E-state index is -0.161. The third-order valence-electron chi connectivity index (χ3n) is 14.2. The Morgan fingerprint density at radius 2 is 0.831 bits per heavy atom. The molecule has 0 unspecified atom stereocenters. The second-order valence-electron chi connectivity index (χ2n) is 20.1. The van der Waals surface area contributed by atoms with Gasteiger partial charge in [0.1, 0.15) is 0 Å². The summed E-state index contributed by atoms with van der Waals surface area (Å²) in [5, 5.41) is 13.2. The summed E-state index contributed by atoms with van der Waals surface area (Å²) in [7, 11) is 0. The number of hydrogen-bond acceptors (Lipinski definition) is 0. The van der Waals surface area contributed by atoms with Gasteiger partial charge >= 0.3 is 0 Å². The molecule has 2 aliphatic carbocycles. The van der Waals surface area contributed by atoms with Crippen molar-refractivity contribution in [2.75, 3.05) is 0 Å². The van der Waals surface area contributed by atoms with E-state index in [0.29, 0.717) is 0 Å². The first kappa shape index (κ1) is 34.8. The molecule has 59 heavy (non-hydrogen) atoms. The number of hydrogen-bond donors (Lipinski definition) is 0. The van der Waals surface area contributed by atoms with Crippen LogP contribution in [-0.2, 0) is 16.2 Å². The minimum absolute atomic E-state index is 0.0468. The van der Waals surface area contributed by atoms with Crippen LogP contribution in [-0.4, -0.2) is 0 Å². The van der Waals surface area contributed by atoms with Gasteiger partial charge in [-0.05, 0) is 149 Å². The molecule has 10 aromatic rings. The van der Waals surface area contributed by atoms with E-state index in [9.17, 15) is 0 Å². The maximum Gasteiger partial charge on any atom is 0.0159 e. The van der Waals surface area contributed by atoms with Gasteiger partial charge in [-0.1, -0.05) is 195 Å². The van der Waals surface area contributed by atoms with Gasteiger partial charge in [0, 0.05) is 5.41 Å². The lowest BCUT2D eigenvalue weighted by Crippen LogP contribution is -2.19. The van der Waals surface area contributed by atoms with Crippen LogP contribution in [0.5, 0.6) is 0 Å². The van der Waals surface area contributed by atoms with Gasteiger partial charge in [-0.3, -0.25) is 0 Å². The van der Waals surface area contributed by atoms with Gasteiger partial charge in [0.25, 0.3) is 0 Å². The predicted octanol–water partition coefficient (Wildman–Crippen LogP) is 16.8. The zero-order chi connectivity index (χ0) is 40.3. The molecule has 12 rings (SSSR count). The summed E-state index contributed by atoms with van der Waals surface area (Å²) >= 11 is 0. The zero-order valence-corrected chi connectivity index (χ0v) is 35.4. The van der Waals surface area contributed by atoms with Gasteiger partial charge in [-0.15, -0.1) is 0 Å². The van der Waals surface area contributed by atoms with Crippen molar-refractivity contribution in [3.63, 3.8) is 0 Å². The highest BCUT2D eigenvalue weighted by atomic mass is 14.4. The molecule has 0 saturated carbocycles. The van der Waals surface area contributed by atoms with Gasteiger partial charge in [0.2, 0.25) is 0 Å². The SMILES string of the molecule is CC(C)(C)c1ccc2c(c1)C(C)(C)c1cc(C(C)(C)C)cc(-c3c4c(c(-c5ccc6ccc7cccc8ccc5c6c78)c5ccccc35)-c3cccc5cccc-4c35)c1-2. The summed E-state index contributed by atoms with van der Waals surface area (Å²) in [6.07, 6.45) is 0. The second kappa shape index (κ2) is 11.5. The summed E-state index contributed by atoms with van der Waals surface area (Å²) in [4.78, 5) is 0. The van der Waals surface area contributed by atoms with Crippen molar-refractivity contribution < 1.29 is 0 Å². The minimum Gasteiger partial charge on any atom is -0.0616 e. The molecule has 0 spiro atoms. The van der Waals surface area contributed by atoms with Crippen LogP contribution >= 0.6 is 0 Å². The lowest BCUT2D eigenvalue weighted by molar-refractivity contribution is 0.580. The molecule has 0 N–H and O–H groups in total. The highest BCUT2D eigenvalue weighted by Gasteiger charge is 2.41. The molecule has 0 aromatic heterocycles. The molecule has 0 heterocycles. The Hall–Kier alpha value is -6.24. The van der Waals surface area contributed by atoms with Crippen LogP contribution in [0.25, 0.3) is 109 Å². The monoisotopic (exact) mass is 756 g/mol. The van der Waals surface area contributed by atoms with Gasteiger partial charge in [-0.25, -0.2) is 0 Å². The van der Waals surface area contributed by atoms with Crippen LogP contribution in [0.2, 0.25) is 0 Å². The summed E-state index contributed by atoms with van der Waals surface area (Å²) in [6.45, 7) is 19.0. The standard InChI is InChI=1S/C59H48/c1-57(2,3)37-26-29-43-47(31-37)59(7,8)48-32-38(58(4,5)6)30-46(52(43)48)54-40-19-10-9-18-39(40)53(55-44-20-12-16-33-17-13-21-45(50(33)44)56(54)55)42-28-25-36-23-22-34-14-11-15-35-24-27-41(42)51(36)49(34)35/h9-32H,1-8H3. The fourth-order valence-corrected chi connectivity index (χ4v) is 11.2. The Morgan fingerprint density at radius 1 is 0.322 bits per heavy atom. The Kier molecular flexibility index (Phi) is 6.77. The van der Waals surface area contributed by atoms with Crippen LogP contribution in [0.1, 0.15) is 77.6 Å². The topological polar surface area (TPSA) is 0 Å². The third kappa shape index (κ3) is 4.61.